The number of benzene rings is 1. The van der Waals surface area contributed by atoms with E-state index in [0.717, 1.165) is 5.56 Å². The fraction of sp³-hybridized carbons (Fsp3) is 0.273. The Bertz CT molecular complexity index is 383. The molecule has 1 aromatic carbocycles. The molecule has 0 aliphatic rings. The van der Waals surface area contributed by atoms with Gasteiger partial charge in [-0.1, -0.05) is 29.8 Å². The first-order chi connectivity index (χ1) is 6.79. The summed E-state index contributed by atoms with van der Waals surface area (Å²) in [5, 5.41) is 1.19. The van der Waals surface area contributed by atoms with Gasteiger partial charge in [-0.2, -0.15) is 0 Å². The molecule has 0 aliphatic heterocycles. The highest BCUT2D eigenvalue weighted by Crippen LogP contribution is 2.28. The second kappa shape index (κ2) is 4.60. The van der Waals surface area contributed by atoms with Gasteiger partial charge in [-0.25, -0.2) is 0 Å². The van der Waals surface area contributed by atoms with Gasteiger partial charge in [0.15, 0.2) is 0 Å². The molecule has 0 saturated carbocycles. The molecule has 15 heavy (non-hydrogen) atoms. The minimum absolute atomic E-state index is 0.575. The largest absolute Gasteiger partial charge is 0.544 e. The van der Waals surface area contributed by atoms with Gasteiger partial charge in [0.05, 0.1) is 5.02 Å². The zero-order valence-electron chi connectivity index (χ0n) is 9.10. The van der Waals surface area contributed by atoms with Crippen molar-refractivity contribution in [2.24, 2.45) is 0 Å². The molecular weight excluding hydrogens is 247 g/mol. The Morgan fingerprint density at radius 1 is 1.27 bits per heavy atom. The second-order valence-electron chi connectivity index (χ2n) is 4.26. The van der Waals surface area contributed by atoms with Gasteiger partial charge in [-0.05, 0) is 37.8 Å². The van der Waals surface area contributed by atoms with E-state index in [1.165, 1.54) is 0 Å². The molecule has 0 radical (unpaired) electrons. The van der Waals surface area contributed by atoms with Crippen molar-refractivity contribution in [3.05, 3.63) is 40.4 Å². The van der Waals surface area contributed by atoms with E-state index in [9.17, 15) is 0 Å². The van der Waals surface area contributed by atoms with Crippen LogP contribution in [-0.4, -0.2) is 8.32 Å². The molecule has 1 aromatic rings. The van der Waals surface area contributed by atoms with Crippen molar-refractivity contribution in [3.63, 3.8) is 0 Å². The van der Waals surface area contributed by atoms with Gasteiger partial charge >= 0.3 is 0 Å². The van der Waals surface area contributed by atoms with E-state index in [1.54, 1.807) is 12.1 Å². The Hall–Kier alpha value is -0.443. The molecule has 0 atom stereocenters. The average Bonchev–Trinajstić information content (AvgIpc) is 1.99. The van der Waals surface area contributed by atoms with Gasteiger partial charge in [-0.3, -0.25) is 0 Å². The zero-order chi connectivity index (χ0) is 11.6. The zero-order valence-corrected chi connectivity index (χ0v) is 11.6. The summed E-state index contributed by atoms with van der Waals surface area (Å²) in [5.41, 5.74) is 0.809. The molecule has 0 unspecified atom stereocenters. The SMILES string of the molecule is C=C(O[Si](C)(C)C)c1ccc(Cl)cc1Cl. The molecular formula is C11H14Cl2OSi. The lowest BCUT2D eigenvalue weighted by molar-refractivity contribution is 0.516. The van der Waals surface area contributed by atoms with Crippen LogP contribution in [0.25, 0.3) is 5.76 Å². The van der Waals surface area contributed by atoms with E-state index in [0.29, 0.717) is 15.8 Å². The van der Waals surface area contributed by atoms with E-state index < -0.39 is 8.32 Å². The standard InChI is InChI=1S/C11H14Cl2OSi/c1-8(14-15(2,3)4)10-6-5-9(12)7-11(10)13/h5-7H,1H2,2-4H3. The molecule has 1 nitrogen and oxygen atoms in total. The van der Waals surface area contributed by atoms with Crippen molar-refractivity contribution >= 4 is 37.3 Å². The minimum Gasteiger partial charge on any atom is -0.544 e. The Kier molecular flexibility index (Phi) is 3.87. The molecule has 0 aliphatic carbocycles. The average molecular weight is 261 g/mol. The third-order valence-electron chi connectivity index (χ3n) is 1.66. The summed E-state index contributed by atoms with van der Waals surface area (Å²) in [6.45, 7) is 10.2. The molecule has 0 fully saturated rings. The Morgan fingerprint density at radius 2 is 1.87 bits per heavy atom. The second-order valence-corrected chi connectivity index (χ2v) is 9.53. The first-order valence-corrected chi connectivity index (χ1v) is 8.79. The van der Waals surface area contributed by atoms with Gasteiger partial charge in [0.2, 0.25) is 8.32 Å². The highest BCUT2D eigenvalue weighted by atomic mass is 35.5. The summed E-state index contributed by atoms with van der Waals surface area (Å²) in [6.07, 6.45) is 0. The summed E-state index contributed by atoms with van der Waals surface area (Å²) in [4.78, 5) is 0. The van der Waals surface area contributed by atoms with Crippen LogP contribution in [0.1, 0.15) is 5.56 Å². The van der Waals surface area contributed by atoms with Crippen LogP contribution >= 0.6 is 23.2 Å². The number of rotatable bonds is 3. The fourth-order valence-electron chi connectivity index (χ4n) is 1.14. The van der Waals surface area contributed by atoms with E-state index in [4.69, 9.17) is 27.6 Å². The Balaban J connectivity index is 2.92. The fourth-order valence-corrected chi connectivity index (χ4v) is 2.50. The van der Waals surface area contributed by atoms with E-state index in [2.05, 4.69) is 26.2 Å². The quantitative estimate of drug-likeness (QED) is 0.560. The monoisotopic (exact) mass is 260 g/mol. The van der Waals surface area contributed by atoms with Crippen molar-refractivity contribution in [1.82, 2.24) is 0 Å². The molecule has 1 rings (SSSR count). The lowest BCUT2D eigenvalue weighted by atomic mass is 10.2. The van der Waals surface area contributed by atoms with Crippen LogP contribution < -0.4 is 0 Å². The number of hydrogen-bond acceptors (Lipinski definition) is 1. The maximum atomic E-state index is 6.04. The van der Waals surface area contributed by atoms with E-state index in [-0.39, 0.29) is 0 Å². The lowest BCUT2D eigenvalue weighted by Crippen LogP contribution is -2.24. The first kappa shape index (κ1) is 12.6. The molecule has 0 saturated heterocycles. The van der Waals surface area contributed by atoms with Gasteiger partial charge in [0.1, 0.15) is 5.76 Å². The van der Waals surface area contributed by atoms with Crippen LogP contribution in [0.15, 0.2) is 24.8 Å². The van der Waals surface area contributed by atoms with Crippen molar-refractivity contribution in [1.29, 1.82) is 0 Å². The normalized spacial score (nSPS) is 11.3. The van der Waals surface area contributed by atoms with Crippen LogP contribution in [0.3, 0.4) is 0 Å². The summed E-state index contributed by atoms with van der Waals surface area (Å²) in [7, 11) is -1.63. The molecule has 0 amide bonds. The smallest absolute Gasteiger partial charge is 0.242 e. The van der Waals surface area contributed by atoms with E-state index in [1.807, 2.05) is 6.07 Å². The molecule has 82 valence electrons. The van der Waals surface area contributed by atoms with Crippen LogP contribution in [-0.2, 0) is 4.43 Å². The van der Waals surface area contributed by atoms with Gasteiger partial charge in [0.25, 0.3) is 0 Å². The number of hydrogen-bond donors (Lipinski definition) is 0. The van der Waals surface area contributed by atoms with Crippen LogP contribution in [0.5, 0.6) is 0 Å². The molecule has 0 bridgehead atoms. The highest BCUT2D eigenvalue weighted by molar-refractivity contribution is 6.70. The third-order valence-corrected chi connectivity index (χ3v) is 3.07. The van der Waals surface area contributed by atoms with Crippen molar-refractivity contribution in [3.8, 4) is 0 Å². The highest BCUT2D eigenvalue weighted by Gasteiger charge is 2.18. The topological polar surface area (TPSA) is 9.23 Å². The van der Waals surface area contributed by atoms with Gasteiger partial charge < -0.3 is 4.43 Å². The van der Waals surface area contributed by atoms with E-state index >= 15 is 0 Å². The molecule has 0 heterocycles. The summed E-state index contributed by atoms with van der Waals surface area (Å²) < 4.78 is 5.76. The van der Waals surface area contributed by atoms with Gasteiger partial charge in [-0.15, -0.1) is 0 Å². The lowest BCUT2D eigenvalue weighted by Gasteiger charge is -2.21. The minimum atomic E-state index is -1.63. The van der Waals surface area contributed by atoms with Crippen molar-refractivity contribution in [2.45, 2.75) is 19.6 Å². The summed E-state index contributed by atoms with van der Waals surface area (Å²) >= 11 is 11.9. The predicted octanol–water partition coefficient (Wildman–Crippen LogP) is 4.82. The Labute approximate surface area is 102 Å². The summed E-state index contributed by atoms with van der Waals surface area (Å²) in [6, 6.07) is 5.30. The first-order valence-electron chi connectivity index (χ1n) is 4.63. The summed E-state index contributed by atoms with van der Waals surface area (Å²) in [5.74, 6) is 0.621. The predicted molar refractivity (Wildman–Crippen MR) is 69.9 cm³/mol. The maximum absolute atomic E-state index is 6.04. The Morgan fingerprint density at radius 3 is 2.33 bits per heavy atom. The van der Waals surface area contributed by atoms with Crippen LogP contribution in [0.4, 0.5) is 0 Å². The van der Waals surface area contributed by atoms with Crippen molar-refractivity contribution < 1.29 is 4.43 Å². The van der Waals surface area contributed by atoms with Gasteiger partial charge in [0, 0.05) is 10.6 Å². The molecule has 0 N–H and O–H groups in total. The van der Waals surface area contributed by atoms with Crippen LogP contribution in [0.2, 0.25) is 29.7 Å². The maximum Gasteiger partial charge on any atom is 0.242 e. The number of halogens is 2. The molecule has 0 aromatic heterocycles. The molecule has 4 heteroatoms. The van der Waals surface area contributed by atoms with Crippen LogP contribution in [0, 0.1) is 0 Å². The third kappa shape index (κ3) is 3.90. The molecule has 0 spiro atoms. The van der Waals surface area contributed by atoms with Crippen molar-refractivity contribution in [2.75, 3.05) is 0 Å².